The summed E-state index contributed by atoms with van der Waals surface area (Å²) in [4.78, 5) is 16.7. The van der Waals surface area contributed by atoms with Gasteiger partial charge in [-0.15, -0.1) is 0 Å². The molecule has 2 aromatic rings. The number of carbonyl (C=O) groups excluding carboxylic acids is 1. The van der Waals surface area contributed by atoms with E-state index in [1.807, 2.05) is 54.4 Å². The minimum Gasteiger partial charge on any atom is -0.341 e. The predicted molar refractivity (Wildman–Crippen MR) is 103 cm³/mol. The molecule has 1 heterocycles. The van der Waals surface area contributed by atoms with Crippen LogP contribution in [0.1, 0.15) is 28.8 Å². The van der Waals surface area contributed by atoms with Gasteiger partial charge in [0.1, 0.15) is 5.82 Å². The second-order valence-corrected chi connectivity index (χ2v) is 7.18. The first-order valence-electron chi connectivity index (χ1n) is 9.40. The first kappa shape index (κ1) is 18.6. The molecule has 0 radical (unpaired) electrons. The number of rotatable bonds is 6. The van der Waals surface area contributed by atoms with Crippen LogP contribution in [-0.4, -0.2) is 48.9 Å². The quantitative estimate of drug-likeness (QED) is 0.787. The summed E-state index contributed by atoms with van der Waals surface area (Å²) >= 11 is 0. The van der Waals surface area contributed by atoms with Crippen LogP contribution in [0.3, 0.4) is 0 Å². The molecule has 0 bridgehead atoms. The first-order chi connectivity index (χ1) is 12.6. The summed E-state index contributed by atoms with van der Waals surface area (Å²) in [6.07, 6.45) is 2.93. The largest absolute Gasteiger partial charge is 0.341 e. The van der Waals surface area contributed by atoms with Crippen molar-refractivity contribution in [3.63, 3.8) is 0 Å². The molecule has 26 heavy (non-hydrogen) atoms. The number of amides is 1. The Kier molecular flexibility index (Phi) is 6.40. The highest BCUT2D eigenvalue weighted by Crippen LogP contribution is 2.19. The maximum atomic E-state index is 13.7. The molecule has 0 N–H and O–H groups in total. The van der Waals surface area contributed by atoms with Crippen molar-refractivity contribution in [2.45, 2.75) is 19.3 Å². The van der Waals surface area contributed by atoms with E-state index in [1.165, 1.54) is 6.07 Å². The van der Waals surface area contributed by atoms with E-state index in [0.29, 0.717) is 5.92 Å². The standard InChI is InChI=1S/C22H27FN2O/c1-24(22(26)20-8-3-2-4-9-20)17-18-11-14-25(15-12-18)16-13-19-7-5-6-10-21(19)23/h2-10,18H,11-17H2,1H3. The monoisotopic (exact) mass is 354 g/mol. The molecule has 1 amide bonds. The Balaban J connectivity index is 1.42. The summed E-state index contributed by atoms with van der Waals surface area (Å²) in [6.45, 7) is 3.74. The van der Waals surface area contributed by atoms with Crippen LogP contribution in [0, 0.1) is 11.7 Å². The number of piperidine rings is 1. The van der Waals surface area contributed by atoms with Gasteiger partial charge in [0.25, 0.3) is 5.91 Å². The summed E-state index contributed by atoms with van der Waals surface area (Å²) in [7, 11) is 1.89. The molecular weight excluding hydrogens is 327 g/mol. The molecule has 0 atom stereocenters. The number of halogens is 1. The van der Waals surface area contributed by atoms with Crippen LogP contribution in [-0.2, 0) is 6.42 Å². The number of benzene rings is 2. The Hall–Kier alpha value is -2.20. The molecule has 138 valence electrons. The Morgan fingerprint density at radius 1 is 1.08 bits per heavy atom. The van der Waals surface area contributed by atoms with Crippen molar-refractivity contribution in [1.82, 2.24) is 9.80 Å². The number of likely N-dealkylation sites (tertiary alicyclic amines) is 1. The molecule has 2 aromatic carbocycles. The lowest BCUT2D eigenvalue weighted by molar-refractivity contribution is 0.0740. The predicted octanol–water partition coefficient (Wildman–Crippen LogP) is 3.85. The third-order valence-electron chi connectivity index (χ3n) is 5.26. The first-order valence-corrected chi connectivity index (χ1v) is 9.40. The molecule has 1 aliphatic rings. The van der Waals surface area contributed by atoms with Gasteiger partial charge in [-0.1, -0.05) is 36.4 Å². The number of hydrogen-bond acceptors (Lipinski definition) is 2. The lowest BCUT2D eigenvalue weighted by Crippen LogP contribution is -2.40. The Morgan fingerprint density at radius 2 is 1.73 bits per heavy atom. The fraction of sp³-hybridized carbons (Fsp3) is 0.409. The summed E-state index contributed by atoms with van der Waals surface area (Å²) in [5, 5.41) is 0. The summed E-state index contributed by atoms with van der Waals surface area (Å²) in [5.74, 6) is 0.522. The van der Waals surface area contributed by atoms with Crippen molar-refractivity contribution in [1.29, 1.82) is 0 Å². The minimum atomic E-state index is -0.108. The summed E-state index contributed by atoms with van der Waals surface area (Å²) < 4.78 is 13.7. The van der Waals surface area contributed by atoms with Crippen LogP contribution in [0.5, 0.6) is 0 Å². The van der Waals surface area contributed by atoms with E-state index in [1.54, 1.807) is 6.07 Å². The van der Waals surface area contributed by atoms with Crippen molar-refractivity contribution in [3.05, 3.63) is 71.5 Å². The zero-order valence-corrected chi connectivity index (χ0v) is 15.4. The molecule has 0 aliphatic carbocycles. The molecule has 4 heteroatoms. The van der Waals surface area contributed by atoms with Gasteiger partial charge in [-0.25, -0.2) is 4.39 Å². The van der Waals surface area contributed by atoms with Crippen LogP contribution < -0.4 is 0 Å². The van der Waals surface area contributed by atoms with Gasteiger partial charge in [0.15, 0.2) is 0 Å². The Morgan fingerprint density at radius 3 is 2.42 bits per heavy atom. The van der Waals surface area contributed by atoms with Crippen molar-refractivity contribution < 1.29 is 9.18 Å². The Bertz CT molecular complexity index is 711. The van der Waals surface area contributed by atoms with Gasteiger partial charge < -0.3 is 9.80 Å². The van der Waals surface area contributed by atoms with Gasteiger partial charge in [-0.2, -0.15) is 0 Å². The topological polar surface area (TPSA) is 23.6 Å². The van der Waals surface area contributed by atoms with Crippen LogP contribution in [0.15, 0.2) is 54.6 Å². The molecule has 0 unspecified atom stereocenters. The second kappa shape index (κ2) is 8.95. The average Bonchev–Trinajstić information content (AvgIpc) is 2.68. The second-order valence-electron chi connectivity index (χ2n) is 7.18. The molecule has 1 aliphatic heterocycles. The van der Waals surface area contributed by atoms with Crippen molar-refractivity contribution in [2.24, 2.45) is 5.92 Å². The molecular formula is C22H27FN2O. The lowest BCUT2D eigenvalue weighted by atomic mass is 9.95. The van der Waals surface area contributed by atoms with E-state index in [0.717, 1.165) is 56.6 Å². The van der Waals surface area contributed by atoms with Crippen LogP contribution in [0.2, 0.25) is 0 Å². The molecule has 1 saturated heterocycles. The lowest BCUT2D eigenvalue weighted by Gasteiger charge is -2.34. The number of nitrogens with zero attached hydrogens (tertiary/aromatic N) is 2. The van der Waals surface area contributed by atoms with Gasteiger partial charge in [0, 0.05) is 25.7 Å². The third-order valence-corrected chi connectivity index (χ3v) is 5.26. The van der Waals surface area contributed by atoms with Gasteiger partial charge in [0.2, 0.25) is 0 Å². The average molecular weight is 354 g/mol. The van der Waals surface area contributed by atoms with Gasteiger partial charge in [-0.05, 0) is 62.0 Å². The summed E-state index contributed by atoms with van der Waals surface area (Å²) in [6, 6.07) is 16.5. The molecule has 3 nitrogen and oxygen atoms in total. The summed E-state index contributed by atoms with van der Waals surface area (Å²) in [5.41, 5.74) is 1.54. The van der Waals surface area contributed by atoms with E-state index >= 15 is 0 Å². The van der Waals surface area contributed by atoms with E-state index in [9.17, 15) is 9.18 Å². The highest BCUT2D eigenvalue weighted by atomic mass is 19.1. The number of carbonyl (C=O) groups is 1. The minimum absolute atomic E-state index is 0.0904. The smallest absolute Gasteiger partial charge is 0.253 e. The molecule has 3 rings (SSSR count). The van der Waals surface area contributed by atoms with Crippen molar-refractivity contribution in [2.75, 3.05) is 33.2 Å². The van der Waals surface area contributed by atoms with E-state index in [2.05, 4.69) is 4.90 Å². The SMILES string of the molecule is CN(CC1CCN(CCc2ccccc2F)CC1)C(=O)c1ccccc1. The fourth-order valence-electron chi connectivity index (χ4n) is 3.64. The zero-order chi connectivity index (χ0) is 18.4. The maximum absolute atomic E-state index is 13.7. The van der Waals surface area contributed by atoms with E-state index < -0.39 is 0 Å². The molecule has 1 fully saturated rings. The van der Waals surface area contributed by atoms with Crippen molar-refractivity contribution >= 4 is 5.91 Å². The Labute approximate surface area is 155 Å². The van der Waals surface area contributed by atoms with Crippen LogP contribution in [0.25, 0.3) is 0 Å². The van der Waals surface area contributed by atoms with Gasteiger partial charge >= 0.3 is 0 Å². The van der Waals surface area contributed by atoms with Gasteiger partial charge in [0.05, 0.1) is 0 Å². The molecule has 0 spiro atoms. The third kappa shape index (κ3) is 4.92. The van der Waals surface area contributed by atoms with Crippen LogP contribution in [0.4, 0.5) is 4.39 Å². The highest BCUT2D eigenvalue weighted by molar-refractivity contribution is 5.93. The fourth-order valence-corrected chi connectivity index (χ4v) is 3.64. The zero-order valence-electron chi connectivity index (χ0n) is 15.4. The van der Waals surface area contributed by atoms with E-state index in [-0.39, 0.29) is 11.7 Å². The molecule has 0 aromatic heterocycles. The van der Waals surface area contributed by atoms with E-state index in [4.69, 9.17) is 0 Å². The maximum Gasteiger partial charge on any atom is 0.253 e. The molecule has 0 saturated carbocycles. The normalized spacial score (nSPS) is 15.8. The van der Waals surface area contributed by atoms with Gasteiger partial charge in [-0.3, -0.25) is 4.79 Å². The highest BCUT2D eigenvalue weighted by Gasteiger charge is 2.22. The van der Waals surface area contributed by atoms with Crippen molar-refractivity contribution in [3.8, 4) is 0 Å². The van der Waals surface area contributed by atoms with Crippen LogP contribution >= 0.6 is 0 Å². The number of hydrogen-bond donors (Lipinski definition) is 0.